The maximum absolute atomic E-state index is 12.9. The summed E-state index contributed by atoms with van der Waals surface area (Å²) in [6, 6.07) is 1.42. The first-order valence-electron chi connectivity index (χ1n) is 7.82. The van der Waals surface area contributed by atoms with E-state index in [4.69, 9.17) is 4.74 Å². The van der Waals surface area contributed by atoms with Crippen molar-refractivity contribution < 1.29 is 17.9 Å². The van der Waals surface area contributed by atoms with Gasteiger partial charge in [-0.05, 0) is 12.5 Å². The maximum Gasteiger partial charge on any atom is 0.261 e. The summed E-state index contributed by atoms with van der Waals surface area (Å²) in [5.41, 5.74) is 0.908. The first-order chi connectivity index (χ1) is 12.0. The van der Waals surface area contributed by atoms with Crippen molar-refractivity contribution in [2.45, 2.75) is 30.1 Å². The lowest BCUT2D eigenvalue weighted by Gasteiger charge is -2.40. The fraction of sp³-hybridized carbons (Fsp3) is 0.500. The normalized spacial score (nSPS) is 23.7. The van der Waals surface area contributed by atoms with E-state index in [0.717, 1.165) is 17.0 Å². The first-order valence-corrected chi connectivity index (χ1v) is 10.1. The number of carbonyl (C=O) groups is 1. The highest BCUT2D eigenvalue weighted by Gasteiger charge is 2.40. The molecule has 0 spiro atoms. The van der Waals surface area contributed by atoms with Crippen molar-refractivity contribution in [2.24, 2.45) is 0 Å². The van der Waals surface area contributed by atoms with E-state index in [1.54, 1.807) is 6.20 Å². The highest BCUT2D eigenvalue weighted by atomic mass is 32.2. The molecule has 2 aromatic heterocycles. The zero-order chi connectivity index (χ0) is 17.6. The van der Waals surface area contributed by atoms with Crippen LogP contribution in [0.25, 0.3) is 0 Å². The Morgan fingerprint density at radius 2 is 2.32 bits per heavy atom. The van der Waals surface area contributed by atoms with E-state index in [9.17, 15) is 13.2 Å². The highest BCUT2D eigenvalue weighted by molar-refractivity contribution is 7.89. The average molecular weight is 383 g/mol. The molecule has 0 unspecified atom stereocenters. The number of piperidine rings is 1. The summed E-state index contributed by atoms with van der Waals surface area (Å²) < 4.78 is 34.9. The van der Waals surface area contributed by atoms with Crippen LogP contribution in [0.2, 0.25) is 0 Å². The van der Waals surface area contributed by atoms with Crippen LogP contribution < -0.4 is 5.32 Å². The molecule has 9 nitrogen and oxygen atoms in total. The minimum atomic E-state index is -3.66. The quantitative estimate of drug-likeness (QED) is 0.813. The number of ether oxygens (including phenoxy) is 1. The van der Waals surface area contributed by atoms with Gasteiger partial charge in [-0.25, -0.2) is 13.1 Å². The van der Waals surface area contributed by atoms with Gasteiger partial charge in [0.2, 0.25) is 10.0 Å². The number of carbonyl (C=O) groups excluding carboxylic acids is 1. The van der Waals surface area contributed by atoms with Crippen molar-refractivity contribution in [1.82, 2.24) is 24.6 Å². The SMILES string of the molecule is CNC(=O)c1cc(S(=O)(=O)N2CC[C@H]3[C@H](C2)OCc2cnnn23)cs1. The van der Waals surface area contributed by atoms with Crippen LogP contribution in [0.1, 0.15) is 27.8 Å². The summed E-state index contributed by atoms with van der Waals surface area (Å²) in [5.74, 6) is -0.292. The lowest BCUT2D eigenvalue weighted by Crippen LogP contribution is -2.50. The molecule has 1 amide bonds. The summed E-state index contributed by atoms with van der Waals surface area (Å²) in [7, 11) is -2.15. The molecule has 0 aliphatic carbocycles. The fourth-order valence-electron chi connectivity index (χ4n) is 3.22. The van der Waals surface area contributed by atoms with Gasteiger partial charge in [-0.2, -0.15) is 4.31 Å². The number of amides is 1. The zero-order valence-corrected chi connectivity index (χ0v) is 15.1. The van der Waals surface area contributed by atoms with Gasteiger partial charge in [-0.1, -0.05) is 5.21 Å². The molecule has 2 atom stereocenters. The van der Waals surface area contributed by atoms with Gasteiger partial charge in [0.25, 0.3) is 5.91 Å². The van der Waals surface area contributed by atoms with Gasteiger partial charge in [-0.15, -0.1) is 16.4 Å². The summed E-state index contributed by atoms with van der Waals surface area (Å²) >= 11 is 1.12. The molecule has 2 aliphatic rings. The van der Waals surface area contributed by atoms with Gasteiger partial charge in [0.1, 0.15) is 0 Å². The molecule has 0 bridgehead atoms. The molecule has 0 saturated carbocycles. The summed E-state index contributed by atoms with van der Waals surface area (Å²) in [6.07, 6.45) is 2.02. The van der Waals surface area contributed by atoms with Gasteiger partial charge in [0.15, 0.2) is 0 Å². The Morgan fingerprint density at radius 1 is 1.48 bits per heavy atom. The number of fused-ring (bicyclic) bond motifs is 3. The number of hydrogen-bond donors (Lipinski definition) is 1. The minimum Gasteiger partial charge on any atom is -0.368 e. The second kappa shape index (κ2) is 6.16. The van der Waals surface area contributed by atoms with E-state index in [-0.39, 0.29) is 29.5 Å². The molecular weight excluding hydrogens is 366 g/mol. The number of nitrogens with one attached hydrogen (secondary N) is 1. The standard InChI is InChI=1S/C14H17N5O4S2/c1-15-14(20)13-4-10(8-24-13)25(21,22)18-3-2-11-12(6-18)23-7-9-5-16-17-19(9)11/h4-5,8,11-12H,2-3,6-7H2,1H3,(H,15,20)/t11-,12-/m0/s1. The van der Waals surface area contributed by atoms with E-state index in [2.05, 4.69) is 15.6 Å². The molecule has 25 heavy (non-hydrogen) atoms. The highest BCUT2D eigenvalue weighted by Crippen LogP contribution is 2.33. The number of nitrogens with zero attached hydrogens (tertiary/aromatic N) is 4. The second-order valence-corrected chi connectivity index (χ2v) is 8.81. The molecule has 134 valence electrons. The molecule has 4 rings (SSSR count). The van der Waals surface area contributed by atoms with Crippen LogP contribution in [0, 0.1) is 0 Å². The summed E-state index contributed by atoms with van der Waals surface area (Å²) in [4.78, 5) is 12.2. The van der Waals surface area contributed by atoms with E-state index < -0.39 is 10.0 Å². The molecule has 2 aliphatic heterocycles. The lowest BCUT2D eigenvalue weighted by molar-refractivity contribution is -0.0543. The third-order valence-electron chi connectivity index (χ3n) is 4.56. The molecule has 0 aromatic carbocycles. The van der Waals surface area contributed by atoms with Gasteiger partial charge >= 0.3 is 0 Å². The van der Waals surface area contributed by atoms with Crippen LogP contribution in [0.4, 0.5) is 0 Å². The van der Waals surface area contributed by atoms with Crippen LogP contribution in [-0.2, 0) is 21.4 Å². The second-order valence-electron chi connectivity index (χ2n) is 5.96. The zero-order valence-electron chi connectivity index (χ0n) is 13.5. The lowest BCUT2D eigenvalue weighted by atomic mass is 10.0. The van der Waals surface area contributed by atoms with Crippen LogP contribution in [-0.4, -0.2) is 59.9 Å². The van der Waals surface area contributed by atoms with Crippen molar-refractivity contribution in [3.05, 3.63) is 28.2 Å². The van der Waals surface area contributed by atoms with E-state index >= 15 is 0 Å². The Bertz CT molecular complexity index is 906. The number of rotatable bonds is 3. The summed E-state index contributed by atoms with van der Waals surface area (Å²) in [5, 5.41) is 12.0. The average Bonchev–Trinajstić information content (AvgIpc) is 3.30. The summed E-state index contributed by atoms with van der Waals surface area (Å²) in [6.45, 7) is 1.01. The smallest absolute Gasteiger partial charge is 0.261 e. The van der Waals surface area contributed by atoms with Crippen molar-refractivity contribution in [3.8, 4) is 0 Å². The first kappa shape index (κ1) is 16.6. The van der Waals surface area contributed by atoms with Crippen molar-refractivity contribution >= 4 is 27.3 Å². The van der Waals surface area contributed by atoms with E-state index in [0.29, 0.717) is 24.4 Å². The molecule has 1 saturated heterocycles. The predicted molar refractivity (Wildman–Crippen MR) is 88.7 cm³/mol. The topological polar surface area (TPSA) is 106 Å². The Labute approximate surface area is 148 Å². The van der Waals surface area contributed by atoms with Crippen molar-refractivity contribution in [2.75, 3.05) is 20.1 Å². The van der Waals surface area contributed by atoms with Crippen molar-refractivity contribution in [3.63, 3.8) is 0 Å². The van der Waals surface area contributed by atoms with Crippen molar-refractivity contribution in [1.29, 1.82) is 0 Å². The van der Waals surface area contributed by atoms with Crippen LogP contribution in [0.15, 0.2) is 22.5 Å². The van der Waals surface area contributed by atoms with E-state index in [1.165, 1.54) is 22.8 Å². The van der Waals surface area contributed by atoms with Gasteiger partial charge in [0, 0.05) is 25.5 Å². The van der Waals surface area contributed by atoms with Gasteiger partial charge in [-0.3, -0.25) is 4.79 Å². The molecule has 2 aromatic rings. The van der Waals surface area contributed by atoms with Gasteiger partial charge < -0.3 is 10.1 Å². The number of hydrogen-bond acceptors (Lipinski definition) is 7. The molecule has 4 heterocycles. The molecular formula is C14H17N5O4S2. The van der Waals surface area contributed by atoms with Gasteiger partial charge in [0.05, 0.1) is 40.4 Å². The molecule has 11 heteroatoms. The Kier molecular flexibility index (Phi) is 4.10. The third kappa shape index (κ3) is 2.76. The largest absolute Gasteiger partial charge is 0.368 e. The fourth-order valence-corrected chi connectivity index (χ4v) is 5.90. The Balaban J connectivity index is 1.55. The molecule has 1 fully saturated rings. The van der Waals surface area contributed by atoms with Crippen LogP contribution >= 0.6 is 11.3 Å². The monoisotopic (exact) mass is 383 g/mol. The van der Waals surface area contributed by atoms with E-state index in [1.807, 2.05) is 4.68 Å². The number of thiophene rings is 1. The maximum atomic E-state index is 12.9. The number of sulfonamides is 1. The Morgan fingerprint density at radius 3 is 3.12 bits per heavy atom. The molecule has 1 N–H and O–H groups in total. The number of aromatic nitrogens is 3. The third-order valence-corrected chi connectivity index (χ3v) is 7.48. The minimum absolute atomic E-state index is 0.00149. The van der Waals surface area contributed by atoms with Crippen LogP contribution in [0.3, 0.4) is 0 Å². The van der Waals surface area contributed by atoms with Crippen LogP contribution in [0.5, 0.6) is 0 Å². The molecule has 0 radical (unpaired) electrons. The Hall–Kier alpha value is -1.82. The predicted octanol–water partition coefficient (Wildman–Crippen LogP) is 0.234.